The van der Waals surface area contributed by atoms with E-state index in [2.05, 4.69) is 336 Å². The summed E-state index contributed by atoms with van der Waals surface area (Å²) in [5.41, 5.74) is 3.86. The van der Waals surface area contributed by atoms with Gasteiger partial charge in [0.2, 0.25) is 23.6 Å². The quantitative estimate of drug-likeness (QED) is 0.0964. The Morgan fingerprint density at radius 1 is 0.194 bits per heavy atom. The summed E-state index contributed by atoms with van der Waals surface area (Å²) in [5.74, 6) is 2.12. The van der Waals surface area contributed by atoms with Crippen LogP contribution in [0, 0.1) is 20.5 Å². The predicted molar refractivity (Wildman–Crippen MR) is 365 cm³/mol. The van der Waals surface area contributed by atoms with E-state index in [4.69, 9.17) is 46.1 Å². The summed E-state index contributed by atoms with van der Waals surface area (Å²) in [6.45, 7) is 0. The maximum atomic E-state index is 8.49. The van der Waals surface area contributed by atoms with Crippen molar-refractivity contribution in [3.05, 3.63) is 340 Å². The fraction of sp³-hybridized carbons (Fsp3) is 0. The van der Waals surface area contributed by atoms with Crippen LogP contribution >= 0.6 is 31.7 Å². The van der Waals surface area contributed by atoms with Crippen LogP contribution in [0.4, 0.5) is 0 Å². The third-order valence-corrected chi connectivity index (χ3v) is 24.5. The molecule has 0 bridgehead atoms. The van der Waals surface area contributed by atoms with Crippen molar-refractivity contribution in [1.29, 1.82) is 0 Å². The second kappa shape index (κ2) is 36.1. The Balaban J connectivity index is 0.000000198. The first kappa shape index (κ1) is 74.2. The van der Waals surface area contributed by atoms with Gasteiger partial charge in [0.15, 0.2) is 0 Å². The summed E-state index contributed by atoms with van der Waals surface area (Å²) in [6.07, 6.45) is 0. The topological polar surface area (TPSA) is 262 Å². The van der Waals surface area contributed by atoms with Gasteiger partial charge < -0.3 is 8.83 Å². The Kier molecular flexibility index (Phi) is 27.4. The molecule has 0 aliphatic carbocycles. The minimum absolute atomic E-state index is 0. The monoisotopic (exact) mass is 1500 g/mol. The molecule has 14 nitrogen and oxygen atoms in total. The van der Waals surface area contributed by atoms with Crippen molar-refractivity contribution in [3.63, 3.8) is 0 Å². The van der Waals surface area contributed by atoms with Crippen molar-refractivity contribution >= 4 is 95.3 Å². The average molecular weight is 1510 g/mol. The Hall–Kier alpha value is -8.06. The summed E-state index contributed by atoms with van der Waals surface area (Å²) in [6, 6.07) is 119. The van der Waals surface area contributed by atoms with Gasteiger partial charge in [-0.05, 0) is 120 Å². The van der Waals surface area contributed by atoms with Gasteiger partial charge in [0.05, 0.1) is 0 Å². The van der Waals surface area contributed by atoms with Gasteiger partial charge in [0, 0.05) is 22.3 Å². The molecule has 0 saturated carbocycles. The molecule has 0 N–H and O–H groups in total. The number of hydrogen-bond donors (Lipinski definition) is 0. The molecule has 496 valence electrons. The predicted octanol–water partition coefficient (Wildman–Crippen LogP) is 4.32. The molecule has 0 amide bonds. The van der Waals surface area contributed by atoms with Gasteiger partial charge in [-0.15, -0.1) is 40.9 Å². The molecule has 12 aromatic carbocycles. The van der Waals surface area contributed by atoms with E-state index in [0.717, 1.165) is 22.3 Å². The minimum Gasteiger partial charge on any atom is -0.416 e. The van der Waals surface area contributed by atoms with Crippen LogP contribution in [0.1, 0.15) is 0 Å². The molecule has 14 aromatic rings. The molecule has 2 aromatic heterocycles. The second-order valence-electron chi connectivity index (χ2n) is 20.7. The van der Waals surface area contributed by atoms with E-state index in [1.54, 1.807) is 0 Å². The zero-order chi connectivity index (χ0) is 66.7. The summed E-state index contributed by atoms with van der Waals surface area (Å²) in [4.78, 5) is 0. The Morgan fingerprint density at radius 2 is 0.316 bits per heavy atom. The first-order valence-electron chi connectivity index (χ1n) is 29.6. The number of aromatic nitrogens is 4. The van der Waals surface area contributed by atoms with Gasteiger partial charge in [-0.2, -0.15) is 0 Å². The molecule has 0 atom stereocenters. The van der Waals surface area contributed by atoms with E-state index >= 15 is 0 Å². The summed E-state index contributed by atoms with van der Waals surface area (Å²) < 4.78 is 81.1. The number of halogens is 2. The Labute approximate surface area is 597 Å². The molecular formula is C76H56Cl2Cu2N4O10P4. The normalized spacial score (nSPS) is 11.1. The molecule has 98 heavy (non-hydrogen) atoms. The fourth-order valence-corrected chi connectivity index (χ4v) is 20.4. The van der Waals surface area contributed by atoms with E-state index < -0.39 is 52.2 Å². The summed E-state index contributed by atoms with van der Waals surface area (Å²) >= 11 is 0. The van der Waals surface area contributed by atoms with Gasteiger partial charge in [0.25, 0.3) is 0 Å². The van der Waals surface area contributed by atoms with Gasteiger partial charge in [-0.25, -0.2) is 37.3 Å². The molecule has 0 saturated heterocycles. The maximum absolute atomic E-state index is 8.49. The van der Waals surface area contributed by atoms with Crippen molar-refractivity contribution in [3.8, 4) is 45.8 Å². The van der Waals surface area contributed by atoms with Gasteiger partial charge in [-0.1, -0.05) is 315 Å². The molecule has 0 aliphatic rings. The summed E-state index contributed by atoms with van der Waals surface area (Å²) in [7, 11) is -13.2. The number of benzene rings is 12. The van der Waals surface area contributed by atoms with Crippen LogP contribution in [0.25, 0.3) is 45.8 Å². The van der Waals surface area contributed by atoms with E-state index in [-0.39, 0.29) is 34.1 Å². The Morgan fingerprint density at radius 3 is 0.459 bits per heavy atom. The zero-order valence-electron chi connectivity index (χ0n) is 51.4. The number of hydrogen-bond acceptors (Lipinski definition) is 14. The fourth-order valence-electron chi connectivity index (χ4n) is 10.6. The molecule has 0 fully saturated rings. The van der Waals surface area contributed by atoms with Crippen molar-refractivity contribution < 1.29 is 101 Å². The van der Waals surface area contributed by atoms with Crippen LogP contribution in [0.2, 0.25) is 0 Å². The maximum Gasteiger partial charge on any atom is 1.00 e. The van der Waals surface area contributed by atoms with Crippen LogP contribution < -0.4 is 101 Å². The molecule has 0 spiro atoms. The molecule has 0 aliphatic heterocycles. The van der Waals surface area contributed by atoms with E-state index in [9.17, 15) is 0 Å². The van der Waals surface area contributed by atoms with Crippen LogP contribution in [0.5, 0.6) is 0 Å². The SMILES string of the molecule is [Cu+].[Cu+].[O-][Cl+3]([O-])([O-])[O-].[O-][Cl+3]([O-])([O-])[O-].c1ccc(P(c2ccccc2)c2ccccc2-c2nnc(-c3ccccc3P(c3ccccc3)c3ccccc3)o2)cc1.c1ccc(P(c2ccccc2)c2ccccc2-c2nnc(-c3ccccc3P(c3ccccc3)c3ccccc3)o2)cc1. The molecule has 2 heterocycles. The largest absolute Gasteiger partial charge is 1.00 e. The number of nitrogens with zero attached hydrogens (tertiary/aromatic N) is 4. The molecule has 0 radical (unpaired) electrons. The third kappa shape index (κ3) is 20.1. The van der Waals surface area contributed by atoms with Crippen molar-refractivity contribution in [2.24, 2.45) is 0 Å². The standard InChI is InChI=1S/2C38H28N2OP2.2ClHO4.2Cu/c2*1-5-17-29(18-6-1)42(30-19-7-2-8-20-30)35-27-15-13-25-33(35)37-39-40-38(41-37)34-26-14-16-28-36(34)43(31-21-9-3-10-22-31)32-23-11-4-12-24-32;2*2-1(3,4)5;;/h2*1-28H;2*(H,2,3,4,5);;/q;;;;2*+1/p-2. The zero-order valence-corrected chi connectivity index (χ0v) is 58.3. The van der Waals surface area contributed by atoms with Crippen molar-refractivity contribution in [2.45, 2.75) is 0 Å². The van der Waals surface area contributed by atoms with E-state index in [1.165, 1.54) is 63.7 Å². The van der Waals surface area contributed by atoms with Crippen LogP contribution in [0.15, 0.2) is 349 Å². The first-order chi connectivity index (χ1) is 46.7. The molecular weight excluding hydrogens is 1450 g/mol. The molecule has 0 unspecified atom stereocenters. The first-order valence-corrected chi connectivity index (χ1v) is 37.5. The van der Waals surface area contributed by atoms with Crippen molar-refractivity contribution in [1.82, 2.24) is 20.4 Å². The van der Waals surface area contributed by atoms with Crippen molar-refractivity contribution in [2.75, 3.05) is 0 Å². The van der Waals surface area contributed by atoms with Crippen LogP contribution in [-0.2, 0) is 34.1 Å². The van der Waals surface area contributed by atoms with Crippen LogP contribution in [0.3, 0.4) is 0 Å². The van der Waals surface area contributed by atoms with E-state index in [0.29, 0.717) is 23.6 Å². The molecule has 22 heteroatoms. The summed E-state index contributed by atoms with van der Waals surface area (Å²) in [5, 5.41) is 33.5. The second-order valence-corrected chi connectivity index (χ2v) is 30.9. The Bertz CT molecular complexity index is 3950. The average Bonchev–Trinajstić information content (AvgIpc) is 1.60. The van der Waals surface area contributed by atoms with E-state index in [1.807, 2.05) is 24.3 Å². The van der Waals surface area contributed by atoms with Gasteiger partial charge in [-0.3, -0.25) is 0 Å². The molecule has 14 rings (SSSR count). The van der Waals surface area contributed by atoms with Gasteiger partial charge >= 0.3 is 34.1 Å². The van der Waals surface area contributed by atoms with Crippen LogP contribution in [-0.4, -0.2) is 20.4 Å². The third-order valence-electron chi connectivity index (χ3n) is 14.5. The van der Waals surface area contributed by atoms with Gasteiger partial charge in [0.1, 0.15) is 0 Å². The smallest absolute Gasteiger partial charge is 0.416 e. The minimum atomic E-state index is -4.94. The number of rotatable bonds is 16.